The number of aromatic nitrogens is 10. The molecule has 322 valence electrons. The topological polar surface area (TPSA) is 257 Å². The van der Waals surface area contributed by atoms with Crippen LogP contribution in [0.25, 0.3) is 45.3 Å². The van der Waals surface area contributed by atoms with Crippen LogP contribution >= 0.6 is 7.82 Å². The molecule has 2 fully saturated rings. The number of rotatable bonds is 16. The number of anilines is 2. The van der Waals surface area contributed by atoms with E-state index in [9.17, 15) is 24.2 Å². The summed E-state index contributed by atoms with van der Waals surface area (Å²) in [6.45, 7) is -2.08. The van der Waals surface area contributed by atoms with E-state index >= 15 is 8.78 Å². The van der Waals surface area contributed by atoms with Gasteiger partial charge >= 0.3 is 20.0 Å². The zero-order chi connectivity index (χ0) is 43.5. The number of hydrogen-bond donors (Lipinski definition) is 2. The number of cyclic esters (lactones) is 2. The molecular formula is C37H35F2N12O10P. The standard InChI is InChI=1S/C37H35F2N12O10P/c1-48-44-34(42-46-48)32-9-3-21(13-40-32)28-7-5-23(11-30(28)38)50-15-25(59-36(50)53)18-57-19-27(17-52)61-62(55,56)58-20-26-16-51(37(54)60-26)24-6-8-29(31(39)12-24)22-4-10-33(41-14-22)35-43-47-49(2)45-35/h3-14,25-27,52H,15-20H2,1-2H3,(H,55,56)/t25-,26-,27-/m1/s1. The number of phosphoric acid groups is 1. The number of hydrogen-bond acceptors (Lipinski definition) is 17. The van der Waals surface area contributed by atoms with Crippen LogP contribution < -0.4 is 9.80 Å². The van der Waals surface area contributed by atoms with E-state index in [1.165, 1.54) is 51.2 Å². The summed E-state index contributed by atoms with van der Waals surface area (Å²) in [5.74, 6) is -0.631. The predicted molar refractivity (Wildman–Crippen MR) is 209 cm³/mol. The highest BCUT2D eigenvalue weighted by Gasteiger charge is 2.37. The lowest BCUT2D eigenvalue weighted by atomic mass is 10.1. The van der Waals surface area contributed by atoms with Crippen molar-refractivity contribution in [3.05, 3.63) is 84.7 Å². The second kappa shape index (κ2) is 17.7. The molecule has 2 saturated heterocycles. The number of halogens is 2. The second-order valence-corrected chi connectivity index (χ2v) is 15.2. The smallest absolute Gasteiger partial charge is 0.441 e. The third-order valence-electron chi connectivity index (χ3n) is 9.42. The molecule has 2 amide bonds. The maximum atomic E-state index is 15.3. The Balaban J connectivity index is 0.784. The number of benzene rings is 2. The number of amides is 2. The third kappa shape index (κ3) is 9.44. The van der Waals surface area contributed by atoms with Crippen LogP contribution in [0.2, 0.25) is 0 Å². The molecule has 0 radical (unpaired) electrons. The van der Waals surface area contributed by atoms with Gasteiger partial charge in [-0.2, -0.15) is 9.59 Å². The first-order valence-corrected chi connectivity index (χ1v) is 20.1. The van der Waals surface area contributed by atoms with E-state index in [1.807, 2.05) is 0 Å². The van der Waals surface area contributed by atoms with Crippen molar-refractivity contribution in [2.45, 2.75) is 18.3 Å². The van der Waals surface area contributed by atoms with Crippen molar-refractivity contribution in [2.75, 3.05) is 49.3 Å². The summed E-state index contributed by atoms with van der Waals surface area (Å²) in [6, 6.07) is 14.9. The number of nitrogens with zero attached hydrogens (tertiary/aromatic N) is 12. The number of phosphoric ester groups is 1. The van der Waals surface area contributed by atoms with Crippen molar-refractivity contribution in [1.82, 2.24) is 50.4 Å². The molecule has 22 nitrogen and oxygen atoms in total. The summed E-state index contributed by atoms with van der Waals surface area (Å²) in [6.07, 6.45) is -1.85. The van der Waals surface area contributed by atoms with E-state index in [0.717, 1.165) is 11.0 Å². The normalized spacial score (nSPS) is 17.9. The number of ether oxygens (including phenoxy) is 3. The van der Waals surface area contributed by atoms with Crippen LogP contribution in [0.1, 0.15) is 0 Å². The number of tetrazole rings is 2. The fraction of sp³-hybridized carbons (Fsp3) is 0.297. The Kier molecular flexibility index (Phi) is 12.0. The first-order valence-electron chi connectivity index (χ1n) is 18.6. The summed E-state index contributed by atoms with van der Waals surface area (Å²) >= 11 is 0. The largest absolute Gasteiger partial charge is 0.472 e. The fourth-order valence-electron chi connectivity index (χ4n) is 6.44. The molecule has 0 bridgehead atoms. The predicted octanol–water partition coefficient (Wildman–Crippen LogP) is 3.33. The van der Waals surface area contributed by atoms with Gasteiger partial charge in [0.1, 0.15) is 41.3 Å². The van der Waals surface area contributed by atoms with E-state index in [4.69, 9.17) is 23.3 Å². The third-order valence-corrected chi connectivity index (χ3v) is 10.5. The minimum atomic E-state index is -4.84. The summed E-state index contributed by atoms with van der Waals surface area (Å²) < 4.78 is 69.6. The van der Waals surface area contributed by atoms with Crippen molar-refractivity contribution in [1.29, 1.82) is 0 Å². The lowest BCUT2D eigenvalue weighted by Gasteiger charge is -2.20. The molecule has 62 heavy (non-hydrogen) atoms. The van der Waals surface area contributed by atoms with Gasteiger partial charge in [0.25, 0.3) is 0 Å². The molecule has 0 saturated carbocycles. The van der Waals surface area contributed by atoms with Crippen LogP contribution in [0.5, 0.6) is 0 Å². The Labute approximate surface area is 349 Å². The SMILES string of the molecule is Cn1nnc(-c2ccc(-c3ccc(N4C[C@H](COC[C@@H](CO)OP(=O)(O)OC[C@H]5CN(c6ccc(-c7ccc(-c8nnn(C)n8)nc7)c(F)c6)C(=O)O5)OC4=O)cc3F)cn2)n1. The van der Waals surface area contributed by atoms with Crippen molar-refractivity contribution in [3.63, 3.8) is 0 Å². The highest BCUT2D eigenvalue weighted by molar-refractivity contribution is 7.47. The van der Waals surface area contributed by atoms with E-state index in [1.54, 1.807) is 44.4 Å². The van der Waals surface area contributed by atoms with Crippen LogP contribution in [0.15, 0.2) is 73.1 Å². The molecule has 4 aromatic heterocycles. The molecule has 8 rings (SSSR count). The second-order valence-electron chi connectivity index (χ2n) is 13.8. The van der Waals surface area contributed by atoms with E-state index < -0.39 is 69.8 Å². The Bertz CT molecular complexity index is 2640. The first-order chi connectivity index (χ1) is 29.8. The van der Waals surface area contributed by atoms with Gasteiger partial charge in [0.2, 0.25) is 11.6 Å². The molecule has 2 aliphatic rings. The lowest BCUT2D eigenvalue weighted by molar-refractivity contribution is -0.0239. The van der Waals surface area contributed by atoms with Crippen molar-refractivity contribution in [2.24, 2.45) is 14.1 Å². The van der Waals surface area contributed by atoms with E-state index in [0.29, 0.717) is 34.2 Å². The Hall–Kier alpha value is -6.69. The molecule has 2 aliphatic heterocycles. The van der Waals surface area contributed by atoms with Crippen LogP contribution in [0.4, 0.5) is 29.7 Å². The molecule has 0 aliphatic carbocycles. The van der Waals surface area contributed by atoms with Gasteiger partial charge in [-0.05, 0) is 59.0 Å². The first kappa shape index (κ1) is 42.0. The number of aryl methyl sites for hydroxylation is 2. The molecular weight excluding hydrogens is 841 g/mol. The van der Waals surface area contributed by atoms with Gasteiger partial charge in [0.05, 0.1) is 65.0 Å². The summed E-state index contributed by atoms with van der Waals surface area (Å²) in [5, 5.41) is 33.3. The Morgan fingerprint density at radius 1 is 0.774 bits per heavy atom. The highest BCUT2D eigenvalue weighted by Crippen LogP contribution is 2.45. The fourth-order valence-corrected chi connectivity index (χ4v) is 7.36. The van der Waals surface area contributed by atoms with Crippen LogP contribution in [-0.4, -0.2) is 130 Å². The van der Waals surface area contributed by atoms with E-state index in [2.05, 4.69) is 40.8 Å². The average Bonchev–Trinajstić information content (AvgIpc) is 4.07. The van der Waals surface area contributed by atoms with Gasteiger partial charge in [-0.1, -0.05) is 12.1 Å². The minimum Gasteiger partial charge on any atom is -0.441 e. The molecule has 4 atom stereocenters. The van der Waals surface area contributed by atoms with E-state index in [-0.39, 0.29) is 42.2 Å². The number of carbonyl (C=O) groups is 2. The summed E-state index contributed by atoms with van der Waals surface area (Å²) in [5.41, 5.74) is 2.71. The van der Waals surface area contributed by atoms with Crippen LogP contribution in [-0.2, 0) is 41.9 Å². The van der Waals surface area contributed by atoms with Gasteiger partial charge in [-0.25, -0.2) is 22.9 Å². The lowest BCUT2D eigenvalue weighted by Crippen LogP contribution is -2.29. The van der Waals surface area contributed by atoms with Crippen LogP contribution in [0.3, 0.4) is 0 Å². The number of carbonyl (C=O) groups excluding carboxylic acids is 2. The monoisotopic (exact) mass is 876 g/mol. The molecule has 0 spiro atoms. The van der Waals surface area contributed by atoms with Gasteiger partial charge < -0.3 is 24.2 Å². The zero-order valence-electron chi connectivity index (χ0n) is 32.6. The average molecular weight is 877 g/mol. The number of aliphatic hydroxyl groups excluding tert-OH is 1. The molecule has 6 heterocycles. The maximum absolute atomic E-state index is 15.3. The number of pyridine rings is 2. The molecule has 2 N–H and O–H groups in total. The highest BCUT2D eigenvalue weighted by atomic mass is 31.2. The molecule has 2 aromatic carbocycles. The summed E-state index contributed by atoms with van der Waals surface area (Å²) in [7, 11) is -1.61. The van der Waals surface area contributed by atoms with Gasteiger partial charge in [0.15, 0.2) is 0 Å². The molecule has 6 aromatic rings. The van der Waals surface area contributed by atoms with Gasteiger partial charge in [0, 0.05) is 34.6 Å². The molecule has 25 heteroatoms. The summed E-state index contributed by atoms with van der Waals surface area (Å²) in [4.78, 5) is 49.2. The number of aliphatic hydroxyl groups is 1. The van der Waals surface area contributed by atoms with Gasteiger partial charge in [-0.3, -0.25) is 28.8 Å². The zero-order valence-corrected chi connectivity index (χ0v) is 33.5. The van der Waals surface area contributed by atoms with Crippen molar-refractivity contribution >= 4 is 31.4 Å². The molecule has 1 unspecified atom stereocenters. The Morgan fingerprint density at radius 3 is 1.69 bits per heavy atom. The van der Waals surface area contributed by atoms with Crippen molar-refractivity contribution in [3.8, 4) is 45.3 Å². The minimum absolute atomic E-state index is 0.00591. The maximum Gasteiger partial charge on any atom is 0.472 e. The van der Waals surface area contributed by atoms with Crippen molar-refractivity contribution < 1.29 is 56.2 Å². The Morgan fingerprint density at radius 2 is 1.27 bits per heavy atom. The van der Waals surface area contributed by atoms with Crippen LogP contribution in [0, 0.1) is 11.6 Å². The van der Waals surface area contributed by atoms with Gasteiger partial charge in [-0.15, -0.1) is 20.4 Å². The quantitative estimate of drug-likeness (QED) is 0.132.